The third-order valence-electron chi connectivity index (χ3n) is 3.25. The Morgan fingerprint density at radius 2 is 2.20 bits per heavy atom. The van der Waals surface area contributed by atoms with E-state index in [1.165, 1.54) is 0 Å². The largest absolute Gasteiger partial charge is 0.353 e. The fraction of sp³-hybridized carbons (Fsp3) is 0.909. The Labute approximate surface area is 96.6 Å². The van der Waals surface area contributed by atoms with Crippen LogP contribution in [0.2, 0.25) is 0 Å². The average molecular weight is 230 g/mol. The van der Waals surface area contributed by atoms with Gasteiger partial charge in [-0.25, -0.2) is 0 Å². The molecule has 0 aromatic carbocycles. The lowest BCUT2D eigenvalue weighted by molar-refractivity contribution is -0.120. The van der Waals surface area contributed by atoms with Gasteiger partial charge in [0.05, 0.1) is 5.25 Å². The summed E-state index contributed by atoms with van der Waals surface area (Å²) in [6.45, 7) is 4.75. The maximum Gasteiger partial charge on any atom is 0.233 e. The standard InChI is InChI=1S/C11H22N2OS/c1-3-11(12,4-2)8-13-10(14)9-6-5-7-15-9/h9H,3-8,12H2,1-2H3,(H,13,14). The maximum absolute atomic E-state index is 11.7. The number of carbonyl (C=O) groups excluding carboxylic acids is 1. The van der Waals surface area contributed by atoms with Crippen LogP contribution in [0.3, 0.4) is 0 Å². The van der Waals surface area contributed by atoms with Gasteiger partial charge in [-0.3, -0.25) is 4.79 Å². The van der Waals surface area contributed by atoms with E-state index in [-0.39, 0.29) is 16.7 Å². The number of hydrogen-bond donors (Lipinski definition) is 2. The minimum Gasteiger partial charge on any atom is -0.353 e. The monoisotopic (exact) mass is 230 g/mol. The van der Waals surface area contributed by atoms with Crippen LogP contribution in [-0.4, -0.2) is 29.0 Å². The molecule has 0 spiro atoms. The van der Waals surface area contributed by atoms with E-state index >= 15 is 0 Å². The molecule has 1 unspecified atom stereocenters. The Morgan fingerprint density at radius 1 is 1.53 bits per heavy atom. The molecule has 1 aliphatic heterocycles. The Bertz CT molecular complexity index is 211. The van der Waals surface area contributed by atoms with Crippen LogP contribution in [-0.2, 0) is 4.79 Å². The van der Waals surface area contributed by atoms with Gasteiger partial charge in [0, 0.05) is 12.1 Å². The first-order valence-electron chi connectivity index (χ1n) is 5.79. The molecule has 0 aliphatic carbocycles. The van der Waals surface area contributed by atoms with Crippen molar-refractivity contribution in [3.63, 3.8) is 0 Å². The van der Waals surface area contributed by atoms with Crippen molar-refractivity contribution in [3.05, 3.63) is 0 Å². The van der Waals surface area contributed by atoms with Gasteiger partial charge in [-0.2, -0.15) is 0 Å². The van der Waals surface area contributed by atoms with E-state index < -0.39 is 0 Å². The third kappa shape index (κ3) is 3.68. The molecule has 0 aromatic rings. The number of rotatable bonds is 5. The van der Waals surface area contributed by atoms with E-state index in [9.17, 15) is 4.79 Å². The smallest absolute Gasteiger partial charge is 0.233 e. The predicted molar refractivity (Wildman–Crippen MR) is 66.0 cm³/mol. The summed E-state index contributed by atoms with van der Waals surface area (Å²) in [4.78, 5) is 11.7. The van der Waals surface area contributed by atoms with Crippen LogP contribution in [0.1, 0.15) is 39.5 Å². The van der Waals surface area contributed by atoms with Gasteiger partial charge >= 0.3 is 0 Å². The summed E-state index contributed by atoms with van der Waals surface area (Å²) < 4.78 is 0. The van der Waals surface area contributed by atoms with Gasteiger partial charge in [0.25, 0.3) is 0 Å². The Kier molecular flexibility index (Phi) is 4.93. The first-order valence-corrected chi connectivity index (χ1v) is 6.84. The molecule has 1 aliphatic rings. The highest BCUT2D eigenvalue weighted by atomic mass is 32.2. The van der Waals surface area contributed by atoms with Crippen molar-refractivity contribution in [1.82, 2.24) is 5.32 Å². The zero-order chi connectivity index (χ0) is 11.3. The molecular weight excluding hydrogens is 208 g/mol. The lowest BCUT2D eigenvalue weighted by Gasteiger charge is -2.27. The van der Waals surface area contributed by atoms with Crippen LogP contribution < -0.4 is 11.1 Å². The number of nitrogens with two attached hydrogens (primary N) is 1. The molecule has 0 bridgehead atoms. The van der Waals surface area contributed by atoms with Crippen molar-refractivity contribution >= 4 is 17.7 Å². The minimum atomic E-state index is -0.223. The first-order chi connectivity index (χ1) is 7.11. The topological polar surface area (TPSA) is 55.1 Å². The van der Waals surface area contributed by atoms with Crippen molar-refractivity contribution in [3.8, 4) is 0 Å². The van der Waals surface area contributed by atoms with Gasteiger partial charge in [0.2, 0.25) is 5.91 Å². The van der Waals surface area contributed by atoms with Crippen molar-refractivity contribution in [2.24, 2.45) is 5.73 Å². The molecule has 1 heterocycles. The highest BCUT2D eigenvalue weighted by molar-refractivity contribution is 8.00. The van der Waals surface area contributed by atoms with Gasteiger partial charge in [0.1, 0.15) is 0 Å². The molecule has 3 nitrogen and oxygen atoms in total. The van der Waals surface area contributed by atoms with Gasteiger partial charge < -0.3 is 11.1 Å². The zero-order valence-electron chi connectivity index (χ0n) is 9.71. The summed E-state index contributed by atoms with van der Waals surface area (Å²) in [6.07, 6.45) is 3.99. The fourth-order valence-corrected chi connectivity index (χ4v) is 2.85. The Hall–Kier alpha value is -0.220. The predicted octanol–water partition coefficient (Wildman–Crippen LogP) is 1.52. The van der Waals surface area contributed by atoms with Crippen LogP contribution >= 0.6 is 11.8 Å². The zero-order valence-corrected chi connectivity index (χ0v) is 10.5. The van der Waals surface area contributed by atoms with Gasteiger partial charge in [-0.1, -0.05) is 13.8 Å². The average Bonchev–Trinajstić information content (AvgIpc) is 2.79. The van der Waals surface area contributed by atoms with Crippen molar-refractivity contribution < 1.29 is 4.79 Å². The molecule has 1 atom stereocenters. The van der Waals surface area contributed by atoms with E-state index in [0.717, 1.165) is 31.4 Å². The molecule has 3 N–H and O–H groups in total. The first kappa shape index (κ1) is 12.8. The molecule has 0 radical (unpaired) electrons. The molecule has 1 fully saturated rings. The Balaban J connectivity index is 2.32. The lowest BCUT2D eigenvalue weighted by atomic mass is 9.94. The Morgan fingerprint density at radius 3 is 2.67 bits per heavy atom. The second-order valence-corrected chi connectivity index (χ2v) is 5.60. The van der Waals surface area contributed by atoms with E-state index in [2.05, 4.69) is 19.2 Å². The van der Waals surface area contributed by atoms with Gasteiger partial charge in [-0.15, -0.1) is 11.8 Å². The quantitative estimate of drug-likeness (QED) is 0.753. The highest BCUT2D eigenvalue weighted by Gasteiger charge is 2.26. The van der Waals surface area contributed by atoms with Crippen LogP contribution in [0, 0.1) is 0 Å². The molecule has 1 saturated heterocycles. The van der Waals surface area contributed by atoms with Crippen LogP contribution in [0.5, 0.6) is 0 Å². The summed E-state index contributed by atoms with van der Waals surface area (Å²) in [5.41, 5.74) is 5.90. The molecule has 15 heavy (non-hydrogen) atoms. The fourth-order valence-electron chi connectivity index (χ4n) is 1.66. The number of amides is 1. The summed E-state index contributed by atoms with van der Waals surface area (Å²) in [5, 5.41) is 3.15. The van der Waals surface area contributed by atoms with Gasteiger partial charge in [-0.05, 0) is 31.4 Å². The van der Waals surface area contributed by atoms with Crippen molar-refractivity contribution in [2.75, 3.05) is 12.3 Å². The molecular formula is C11H22N2OS. The van der Waals surface area contributed by atoms with Crippen LogP contribution in [0.4, 0.5) is 0 Å². The lowest BCUT2D eigenvalue weighted by Crippen LogP contribution is -2.50. The third-order valence-corrected chi connectivity index (χ3v) is 4.62. The molecule has 0 saturated carbocycles. The van der Waals surface area contributed by atoms with E-state index in [1.807, 2.05) is 0 Å². The second-order valence-electron chi connectivity index (χ2n) is 4.29. The van der Waals surface area contributed by atoms with E-state index in [4.69, 9.17) is 5.73 Å². The molecule has 0 aromatic heterocycles. The molecule has 88 valence electrons. The summed E-state index contributed by atoms with van der Waals surface area (Å²) in [7, 11) is 0. The minimum absolute atomic E-state index is 0.169. The number of thioether (sulfide) groups is 1. The normalized spacial score (nSPS) is 21.7. The second kappa shape index (κ2) is 5.75. The SMILES string of the molecule is CCC(N)(CC)CNC(=O)C1CCCS1. The summed E-state index contributed by atoms with van der Waals surface area (Å²) >= 11 is 1.76. The van der Waals surface area contributed by atoms with Crippen LogP contribution in [0.25, 0.3) is 0 Å². The van der Waals surface area contributed by atoms with Crippen molar-refractivity contribution in [1.29, 1.82) is 0 Å². The van der Waals surface area contributed by atoms with Crippen LogP contribution in [0.15, 0.2) is 0 Å². The maximum atomic E-state index is 11.7. The molecule has 1 amide bonds. The van der Waals surface area contributed by atoms with E-state index in [0.29, 0.717) is 6.54 Å². The number of carbonyl (C=O) groups is 1. The number of hydrogen-bond acceptors (Lipinski definition) is 3. The van der Waals surface area contributed by atoms with E-state index in [1.54, 1.807) is 11.8 Å². The molecule has 1 rings (SSSR count). The highest BCUT2D eigenvalue weighted by Crippen LogP contribution is 2.26. The van der Waals surface area contributed by atoms with Gasteiger partial charge in [0.15, 0.2) is 0 Å². The summed E-state index contributed by atoms with van der Waals surface area (Å²) in [5.74, 6) is 1.29. The number of nitrogens with one attached hydrogen (secondary N) is 1. The van der Waals surface area contributed by atoms with Crippen molar-refractivity contribution in [2.45, 2.75) is 50.3 Å². The summed E-state index contributed by atoms with van der Waals surface area (Å²) in [6, 6.07) is 0. The molecule has 4 heteroatoms.